The van der Waals surface area contributed by atoms with Crippen LogP contribution in [0.5, 0.6) is 0 Å². The smallest absolute Gasteiger partial charge is 0.337 e. The highest BCUT2D eigenvalue weighted by Gasteiger charge is 2.16. The standard InChI is InChI=1S/C14H18N2O3/c17-13(16-11-5-3-1-2-4-6-11)12-8-7-10(9-15-12)14(18)19/h7-9,11H,1-6H2,(H,16,17)(H,18,19). The number of hydrogen-bond donors (Lipinski definition) is 2. The van der Waals surface area contributed by atoms with Crippen molar-refractivity contribution in [3.8, 4) is 0 Å². The fourth-order valence-corrected chi connectivity index (χ4v) is 2.34. The van der Waals surface area contributed by atoms with Gasteiger partial charge in [-0.3, -0.25) is 9.78 Å². The van der Waals surface area contributed by atoms with Crippen molar-refractivity contribution in [1.29, 1.82) is 0 Å². The second kappa shape index (κ2) is 6.31. The number of carbonyl (C=O) groups excluding carboxylic acids is 1. The molecule has 0 radical (unpaired) electrons. The van der Waals surface area contributed by atoms with Crippen LogP contribution >= 0.6 is 0 Å². The number of hydrogen-bond acceptors (Lipinski definition) is 3. The summed E-state index contributed by atoms with van der Waals surface area (Å²) in [6.45, 7) is 0. The van der Waals surface area contributed by atoms with E-state index in [4.69, 9.17) is 5.11 Å². The molecule has 1 aromatic heterocycles. The number of carboxylic acid groups (broad SMARTS) is 1. The summed E-state index contributed by atoms with van der Waals surface area (Å²) in [5, 5.41) is 11.7. The highest BCUT2D eigenvalue weighted by molar-refractivity contribution is 5.93. The van der Waals surface area contributed by atoms with Crippen LogP contribution in [0.15, 0.2) is 18.3 Å². The van der Waals surface area contributed by atoms with Gasteiger partial charge in [-0.05, 0) is 25.0 Å². The Morgan fingerprint density at radius 3 is 2.37 bits per heavy atom. The molecule has 1 aliphatic rings. The van der Waals surface area contributed by atoms with E-state index in [1.807, 2.05) is 0 Å². The number of aromatic carboxylic acids is 1. The summed E-state index contributed by atoms with van der Waals surface area (Å²) in [6, 6.07) is 3.07. The Balaban J connectivity index is 1.96. The number of amides is 1. The van der Waals surface area contributed by atoms with Gasteiger partial charge in [0, 0.05) is 12.2 Å². The number of nitrogens with one attached hydrogen (secondary N) is 1. The lowest BCUT2D eigenvalue weighted by Gasteiger charge is -2.15. The summed E-state index contributed by atoms with van der Waals surface area (Å²) in [4.78, 5) is 26.6. The van der Waals surface area contributed by atoms with Crippen LogP contribution in [0.25, 0.3) is 0 Å². The maximum absolute atomic E-state index is 12.0. The molecular weight excluding hydrogens is 244 g/mol. The van der Waals surface area contributed by atoms with Crippen LogP contribution in [0.1, 0.15) is 59.4 Å². The van der Waals surface area contributed by atoms with Crippen molar-refractivity contribution in [2.24, 2.45) is 0 Å². The Morgan fingerprint density at radius 1 is 1.16 bits per heavy atom. The van der Waals surface area contributed by atoms with Crippen LogP contribution in [0.2, 0.25) is 0 Å². The van der Waals surface area contributed by atoms with Gasteiger partial charge in [-0.2, -0.15) is 0 Å². The average molecular weight is 262 g/mol. The molecule has 19 heavy (non-hydrogen) atoms. The van der Waals surface area contributed by atoms with Crippen molar-refractivity contribution in [3.63, 3.8) is 0 Å². The molecule has 2 rings (SSSR count). The highest BCUT2D eigenvalue weighted by Crippen LogP contribution is 2.17. The predicted molar refractivity (Wildman–Crippen MR) is 70.2 cm³/mol. The Morgan fingerprint density at radius 2 is 1.84 bits per heavy atom. The van der Waals surface area contributed by atoms with Gasteiger partial charge in [0.15, 0.2) is 0 Å². The maximum Gasteiger partial charge on any atom is 0.337 e. The summed E-state index contributed by atoms with van der Waals surface area (Å²) in [6.07, 6.45) is 8.00. The molecule has 0 spiro atoms. The first-order valence-electron chi connectivity index (χ1n) is 6.67. The summed E-state index contributed by atoms with van der Waals surface area (Å²) in [5.74, 6) is -1.26. The third kappa shape index (κ3) is 3.77. The van der Waals surface area contributed by atoms with Gasteiger partial charge in [0.25, 0.3) is 5.91 Å². The largest absolute Gasteiger partial charge is 0.478 e. The lowest BCUT2D eigenvalue weighted by molar-refractivity contribution is 0.0695. The van der Waals surface area contributed by atoms with Crippen LogP contribution in [-0.2, 0) is 0 Å². The Labute approximate surface area is 112 Å². The molecule has 1 aliphatic carbocycles. The third-order valence-corrected chi connectivity index (χ3v) is 3.43. The van der Waals surface area contributed by atoms with Gasteiger partial charge < -0.3 is 10.4 Å². The zero-order chi connectivity index (χ0) is 13.7. The van der Waals surface area contributed by atoms with Crippen molar-refractivity contribution in [1.82, 2.24) is 10.3 Å². The van der Waals surface area contributed by atoms with Crippen molar-refractivity contribution in [2.45, 2.75) is 44.6 Å². The molecule has 0 atom stereocenters. The van der Waals surface area contributed by atoms with E-state index >= 15 is 0 Å². The minimum atomic E-state index is -1.04. The summed E-state index contributed by atoms with van der Waals surface area (Å²) >= 11 is 0. The molecule has 0 saturated heterocycles. The van der Waals surface area contributed by atoms with E-state index in [1.54, 1.807) is 0 Å². The number of carboxylic acids is 1. The molecule has 1 aromatic rings. The van der Waals surface area contributed by atoms with Gasteiger partial charge in [0.1, 0.15) is 5.69 Å². The number of rotatable bonds is 3. The van der Waals surface area contributed by atoms with E-state index in [2.05, 4.69) is 10.3 Å². The summed E-state index contributed by atoms with van der Waals surface area (Å²) in [5.41, 5.74) is 0.361. The normalized spacial score (nSPS) is 16.6. The van der Waals surface area contributed by atoms with E-state index in [0.717, 1.165) is 25.7 Å². The molecular formula is C14H18N2O3. The Bertz CT molecular complexity index is 448. The molecule has 5 heteroatoms. The zero-order valence-corrected chi connectivity index (χ0v) is 10.8. The zero-order valence-electron chi connectivity index (χ0n) is 10.8. The van der Waals surface area contributed by atoms with Crippen molar-refractivity contribution in [2.75, 3.05) is 0 Å². The maximum atomic E-state index is 12.0. The minimum absolute atomic E-state index is 0.0889. The van der Waals surface area contributed by atoms with Crippen LogP contribution in [-0.4, -0.2) is 28.0 Å². The minimum Gasteiger partial charge on any atom is -0.478 e. The van der Waals surface area contributed by atoms with Crippen molar-refractivity contribution >= 4 is 11.9 Å². The lowest BCUT2D eigenvalue weighted by Crippen LogP contribution is -2.34. The van der Waals surface area contributed by atoms with E-state index in [0.29, 0.717) is 0 Å². The predicted octanol–water partition coefficient (Wildman–Crippen LogP) is 2.23. The molecule has 2 N–H and O–H groups in total. The first kappa shape index (κ1) is 13.5. The van der Waals surface area contributed by atoms with Gasteiger partial charge >= 0.3 is 5.97 Å². The van der Waals surface area contributed by atoms with Crippen LogP contribution in [0.3, 0.4) is 0 Å². The molecule has 0 aromatic carbocycles. The van der Waals surface area contributed by atoms with Crippen molar-refractivity contribution in [3.05, 3.63) is 29.6 Å². The third-order valence-electron chi connectivity index (χ3n) is 3.43. The van der Waals surface area contributed by atoms with Gasteiger partial charge in [-0.25, -0.2) is 4.79 Å². The molecule has 0 unspecified atom stereocenters. The monoisotopic (exact) mass is 262 g/mol. The van der Waals surface area contributed by atoms with Gasteiger partial charge in [0.05, 0.1) is 5.56 Å². The van der Waals surface area contributed by atoms with Crippen molar-refractivity contribution < 1.29 is 14.7 Å². The Hall–Kier alpha value is -1.91. The molecule has 1 saturated carbocycles. The summed E-state index contributed by atoms with van der Waals surface area (Å²) < 4.78 is 0. The lowest BCUT2D eigenvalue weighted by atomic mass is 10.1. The fourth-order valence-electron chi connectivity index (χ4n) is 2.34. The first-order chi connectivity index (χ1) is 9.16. The second-order valence-corrected chi connectivity index (χ2v) is 4.90. The van der Waals surface area contributed by atoms with E-state index in [9.17, 15) is 9.59 Å². The average Bonchev–Trinajstić information content (AvgIpc) is 2.67. The first-order valence-corrected chi connectivity index (χ1v) is 6.67. The van der Waals surface area contributed by atoms with Gasteiger partial charge in [0.2, 0.25) is 0 Å². The van der Waals surface area contributed by atoms with E-state index in [-0.39, 0.29) is 23.2 Å². The second-order valence-electron chi connectivity index (χ2n) is 4.90. The van der Waals surface area contributed by atoms with Crippen LogP contribution in [0.4, 0.5) is 0 Å². The van der Waals surface area contributed by atoms with E-state index in [1.165, 1.54) is 31.2 Å². The highest BCUT2D eigenvalue weighted by atomic mass is 16.4. The SMILES string of the molecule is O=C(O)c1ccc(C(=O)NC2CCCCCC2)nc1. The number of nitrogens with zero attached hydrogens (tertiary/aromatic N) is 1. The fraction of sp³-hybridized carbons (Fsp3) is 0.500. The summed E-state index contributed by atoms with van der Waals surface area (Å²) in [7, 11) is 0. The molecule has 5 nitrogen and oxygen atoms in total. The van der Waals surface area contributed by atoms with Gasteiger partial charge in [-0.15, -0.1) is 0 Å². The number of pyridine rings is 1. The van der Waals surface area contributed by atoms with E-state index < -0.39 is 5.97 Å². The molecule has 1 fully saturated rings. The topological polar surface area (TPSA) is 79.3 Å². The van der Waals surface area contributed by atoms with Gasteiger partial charge in [-0.1, -0.05) is 25.7 Å². The molecule has 1 heterocycles. The Kier molecular flexibility index (Phi) is 4.49. The van der Waals surface area contributed by atoms with Crippen LogP contribution < -0.4 is 5.32 Å². The quantitative estimate of drug-likeness (QED) is 0.819. The molecule has 102 valence electrons. The molecule has 1 amide bonds. The van der Waals surface area contributed by atoms with Crippen LogP contribution in [0, 0.1) is 0 Å². The molecule has 0 aliphatic heterocycles. The molecule has 0 bridgehead atoms. The number of aromatic nitrogens is 1. The number of carbonyl (C=O) groups is 2.